The lowest BCUT2D eigenvalue weighted by atomic mass is 10.0. The molecule has 21 heavy (non-hydrogen) atoms. The number of aliphatic carboxylic acids is 1. The number of benzene rings is 1. The number of carboxylic acids is 1. The third kappa shape index (κ3) is 3.95. The zero-order chi connectivity index (χ0) is 15.6. The van der Waals surface area contributed by atoms with Gasteiger partial charge in [0, 0.05) is 5.02 Å². The Balaban J connectivity index is 2.12. The second-order valence-electron chi connectivity index (χ2n) is 4.93. The van der Waals surface area contributed by atoms with E-state index < -0.39 is 33.7 Å². The van der Waals surface area contributed by atoms with Gasteiger partial charge in [0.05, 0.1) is 17.4 Å². The molecule has 1 aliphatic rings. The van der Waals surface area contributed by atoms with Crippen molar-refractivity contribution in [1.82, 2.24) is 5.32 Å². The van der Waals surface area contributed by atoms with Crippen molar-refractivity contribution in [2.45, 2.75) is 12.5 Å². The van der Waals surface area contributed by atoms with Gasteiger partial charge in [0.15, 0.2) is 15.9 Å². The molecule has 0 aliphatic carbocycles. The molecule has 0 radical (unpaired) electrons. The highest BCUT2D eigenvalue weighted by Gasteiger charge is 2.35. The Morgan fingerprint density at radius 3 is 2.38 bits per heavy atom. The SMILES string of the molecule is O=C(NC(C(=O)O)c1ccc(Cl)cc1)C1CCS(=O)(=O)C1. The van der Waals surface area contributed by atoms with Crippen molar-refractivity contribution in [2.24, 2.45) is 5.92 Å². The number of halogens is 1. The molecule has 0 saturated carbocycles. The predicted molar refractivity (Wildman–Crippen MR) is 76.7 cm³/mol. The van der Waals surface area contributed by atoms with Crippen LogP contribution in [0.15, 0.2) is 24.3 Å². The van der Waals surface area contributed by atoms with Crippen LogP contribution in [-0.4, -0.2) is 36.9 Å². The quantitative estimate of drug-likeness (QED) is 0.857. The number of hydrogen-bond acceptors (Lipinski definition) is 4. The van der Waals surface area contributed by atoms with E-state index in [1.165, 1.54) is 24.3 Å². The lowest BCUT2D eigenvalue weighted by molar-refractivity contribution is -0.142. The number of carbonyl (C=O) groups excluding carboxylic acids is 1. The average Bonchev–Trinajstić information content (AvgIpc) is 2.77. The van der Waals surface area contributed by atoms with Gasteiger partial charge in [-0.15, -0.1) is 0 Å². The van der Waals surface area contributed by atoms with Crippen LogP contribution in [0.2, 0.25) is 5.02 Å². The maximum Gasteiger partial charge on any atom is 0.330 e. The first kappa shape index (κ1) is 15.8. The van der Waals surface area contributed by atoms with Gasteiger partial charge in [-0.3, -0.25) is 4.79 Å². The molecule has 1 saturated heterocycles. The monoisotopic (exact) mass is 331 g/mol. The normalized spacial score (nSPS) is 21.7. The molecule has 1 aliphatic heterocycles. The largest absolute Gasteiger partial charge is 0.479 e. The van der Waals surface area contributed by atoms with E-state index in [0.29, 0.717) is 10.6 Å². The molecular formula is C13H14ClNO5S. The first-order valence-electron chi connectivity index (χ1n) is 6.27. The number of carboxylic acid groups (broad SMARTS) is 1. The van der Waals surface area contributed by atoms with Crippen molar-refractivity contribution in [3.05, 3.63) is 34.9 Å². The minimum absolute atomic E-state index is 0.0379. The third-order valence-electron chi connectivity index (χ3n) is 3.34. The molecular weight excluding hydrogens is 318 g/mol. The van der Waals surface area contributed by atoms with E-state index in [-0.39, 0.29) is 17.9 Å². The van der Waals surface area contributed by atoms with Gasteiger partial charge in [-0.05, 0) is 24.1 Å². The molecule has 1 fully saturated rings. The topological polar surface area (TPSA) is 101 Å². The molecule has 1 amide bonds. The Morgan fingerprint density at radius 1 is 1.29 bits per heavy atom. The summed E-state index contributed by atoms with van der Waals surface area (Å²) in [4.78, 5) is 23.3. The zero-order valence-electron chi connectivity index (χ0n) is 11.0. The molecule has 2 rings (SSSR count). The fourth-order valence-electron chi connectivity index (χ4n) is 2.20. The van der Waals surface area contributed by atoms with Crippen LogP contribution in [0.3, 0.4) is 0 Å². The second kappa shape index (κ2) is 6.03. The minimum Gasteiger partial charge on any atom is -0.479 e. The molecule has 2 N–H and O–H groups in total. The summed E-state index contributed by atoms with van der Waals surface area (Å²) in [6.45, 7) is 0. The predicted octanol–water partition coefficient (Wildman–Crippen LogP) is 1.02. The number of carbonyl (C=O) groups is 2. The molecule has 1 aromatic carbocycles. The van der Waals surface area contributed by atoms with E-state index in [9.17, 15) is 23.1 Å². The van der Waals surface area contributed by atoms with Crippen molar-refractivity contribution in [1.29, 1.82) is 0 Å². The van der Waals surface area contributed by atoms with E-state index in [1.54, 1.807) is 0 Å². The van der Waals surface area contributed by atoms with Gasteiger partial charge < -0.3 is 10.4 Å². The van der Waals surface area contributed by atoms with Crippen molar-refractivity contribution in [3.63, 3.8) is 0 Å². The Bertz CT molecular complexity index is 656. The summed E-state index contributed by atoms with van der Waals surface area (Å²) in [7, 11) is -3.19. The van der Waals surface area contributed by atoms with Crippen molar-refractivity contribution >= 4 is 33.3 Å². The number of amides is 1. The van der Waals surface area contributed by atoms with Crippen LogP contribution in [0.4, 0.5) is 0 Å². The number of hydrogen-bond donors (Lipinski definition) is 2. The van der Waals surface area contributed by atoms with Gasteiger partial charge in [-0.1, -0.05) is 23.7 Å². The first-order chi connectivity index (χ1) is 9.78. The molecule has 114 valence electrons. The van der Waals surface area contributed by atoms with Crippen LogP contribution < -0.4 is 5.32 Å². The van der Waals surface area contributed by atoms with Crippen LogP contribution >= 0.6 is 11.6 Å². The Labute approximate surface area is 127 Å². The van der Waals surface area contributed by atoms with Gasteiger partial charge >= 0.3 is 5.97 Å². The van der Waals surface area contributed by atoms with E-state index in [2.05, 4.69) is 5.32 Å². The third-order valence-corrected chi connectivity index (χ3v) is 5.36. The Hall–Kier alpha value is -1.60. The highest BCUT2D eigenvalue weighted by molar-refractivity contribution is 7.91. The Morgan fingerprint density at radius 2 is 1.90 bits per heavy atom. The van der Waals surface area contributed by atoms with Crippen molar-refractivity contribution in [3.8, 4) is 0 Å². The fraction of sp³-hybridized carbons (Fsp3) is 0.385. The average molecular weight is 332 g/mol. The number of sulfone groups is 1. The summed E-state index contributed by atoms with van der Waals surface area (Å²) >= 11 is 5.74. The maximum atomic E-state index is 12.0. The summed E-state index contributed by atoms with van der Waals surface area (Å²) in [6, 6.07) is 4.84. The minimum atomic E-state index is -3.19. The summed E-state index contributed by atoms with van der Waals surface area (Å²) in [6.07, 6.45) is 0.223. The standard InChI is InChI=1S/C13H14ClNO5S/c14-10-3-1-8(2-4-10)11(13(17)18)15-12(16)9-5-6-21(19,20)7-9/h1-4,9,11H,5-7H2,(H,15,16)(H,17,18). The van der Waals surface area contributed by atoms with Gasteiger partial charge in [-0.25, -0.2) is 13.2 Å². The molecule has 0 bridgehead atoms. The van der Waals surface area contributed by atoms with Crippen molar-refractivity contribution < 1.29 is 23.1 Å². The highest BCUT2D eigenvalue weighted by atomic mass is 35.5. The van der Waals surface area contributed by atoms with E-state index in [4.69, 9.17) is 11.6 Å². The lowest BCUT2D eigenvalue weighted by Crippen LogP contribution is -2.38. The molecule has 0 spiro atoms. The van der Waals surface area contributed by atoms with E-state index in [0.717, 1.165) is 0 Å². The summed E-state index contributed by atoms with van der Waals surface area (Å²) in [5, 5.41) is 12.1. The Kier molecular flexibility index (Phi) is 4.53. The molecule has 2 atom stereocenters. The lowest BCUT2D eigenvalue weighted by Gasteiger charge is -2.17. The number of nitrogens with one attached hydrogen (secondary N) is 1. The van der Waals surface area contributed by atoms with Crippen LogP contribution in [0.5, 0.6) is 0 Å². The van der Waals surface area contributed by atoms with Crippen LogP contribution in [0, 0.1) is 5.92 Å². The van der Waals surface area contributed by atoms with Crippen LogP contribution in [0.25, 0.3) is 0 Å². The van der Waals surface area contributed by atoms with Gasteiger partial charge in [-0.2, -0.15) is 0 Å². The van der Waals surface area contributed by atoms with E-state index >= 15 is 0 Å². The molecule has 6 nitrogen and oxygen atoms in total. The smallest absolute Gasteiger partial charge is 0.330 e. The van der Waals surface area contributed by atoms with Crippen LogP contribution in [0.1, 0.15) is 18.0 Å². The highest BCUT2D eigenvalue weighted by Crippen LogP contribution is 2.21. The second-order valence-corrected chi connectivity index (χ2v) is 7.60. The van der Waals surface area contributed by atoms with E-state index in [1.807, 2.05) is 0 Å². The van der Waals surface area contributed by atoms with Gasteiger partial charge in [0.25, 0.3) is 0 Å². The van der Waals surface area contributed by atoms with Gasteiger partial charge in [0.1, 0.15) is 0 Å². The summed E-state index contributed by atoms with van der Waals surface area (Å²) in [5.74, 6) is -2.73. The van der Waals surface area contributed by atoms with Crippen LogP contribution in [-0.2, 0) is 19.4 Å². The zero-order valence-corrected chi connectivity index (χ0v) is 12.5. The number of rotatable bonds is 4. The fourth-order valence-corrected chi connectivity index (χ4v) is 4.07. The maximum absolute atomic E-state index is 12.0. The first-order valence-corrected chi connectivity index (χ1v) is 8.47. The molecule has 0 aromatic heterocycles. The molecule has 2 unspecified atom stereocenters. The summed E-state index contributed by atoms with van der Waals surface area (Å²) in [5.41, 5.74) is 0.376. The molecule has 8 heteroatoms. The molecule has 1 heterocycles. The molecule has 1 aromatic rings. The summed E-state index contributed by atoms with van der Waals surface area (Å²) < 4.78 is 22.7. The van der Waals surface area contributed by atoms with Gasteiger partial charge in [0.2, 0.25) is 5.91 Å². The van der Waals surface area contributed by atoms with Crippen molar-refractivity contribution in [2.75, 3.05) is 11.5 Å².